The number of halogens is 1. The second kappa shape index (κ2) is 8.11. The number of fused-ring (bicyclic) bond motifs is 1. The van der Waals surface area contributed by atoms with E-state index in [2.05, 4.69) is 17.2 Å². The standard InChI is InChI=1S/C19H18FNO3/c1-13(2)4-3-11-24-18-16-8-6-15(20)12-14(16)5-7-17(18)19(23)21-9-10-22/h5-8,10,12-13H,9,11H2,1-2H3,(H,21,23). The van der Waals surface area contributed by atoms with E-state index in [4.69, 9.17) is 4.74 Å². The number of hydrogen-bond donors (Lipinski definition) is 1. The third kappa shape index (κ3) is 4.32. The first-order chi connectivity index (χ1) is 11.5. The van der Waals surface area contributed by atoms with Crippen LogP contribution in [-0.4, -0.2) is 25.3 Å². The van der Waals surface area contributed by atoms with E-state index in [1.807, 2.05) is 13.8 Å². The van der Waals surface area contributed by atoms with E-state index in [0.29, 0.717) is 22.8 Å². The molecule has 1 amide bonds. The number of carbonyl (C=O) groups excluding carboxylic acids is 2. The molecule has 0 heterocycles. The van der Waals surface area contributed by atoms with E-state index < -0.39 is 5.91 Å². The van der Waals surface area contributed by atoms with Crippen LogP contribution in [0.25, 0.3) is 10.8 Å². The lowest BCUT2D eigenvalue weighted by atomic mass is 10.0. The van der Waals surface area contributed by atoms with Crippen LogP contribution in [-0.2, 0) is 4.79 Å². The molecule has 0 atom stereocenters. The smallest absolute Gasteiger partial charge is 0.255 e. The zero-order valence-electron chi connectivity index (χ0n) is 13.6. The molecule has 24 heavy (non-hydrogen) atoms. The van der Waals surface area contributed by atoms with E-state index in [-0.39, 0.29) is 30.5 Å². The van der Waals surface area contributed by atoms with E-state index in [9.17, 15) is 14.0 Å². The van der Waals surface area contributed by atoms with Gasteiger partial charge in [-0.05, 0) is 29.7 Å². The van der Waals surface area contributed by atoms with Crippen molar-refractivity contribution in [2.75, 3.05) is 13.2 Å². The summed E-state index contributed by atoms with van der Waals surface area (Å²) in [6.45, 7) is 3.95. The Balaban J connectivity index is 2.42. The van der Waals surface area contributed by atoms with Gasteiger partial charge in [0.15, 0.2) is 0 Å². The van der Waals surface area contributed by atoms with Gasteiger partial charge in [-0.1, -0.05) is 31.8 Å². The third-order valence-corrected chi connectivity index (χ3v) is 3.20. The van der Waals surface area contributed by atoms with Gasteiger partial charge in [-0.25, -0.2) is 4.39 Å². The molecule has 2 aromatic rings. The van der Waals surface area contributed by atoms with Crippen LogP contribution in [0.3, 0.4) is 0 Å². The van der Waals surface area contributed by atoms with Crippen LogP contribution in [0.4, 0.5) is 4.39 Å². The van der Waals surface area contributed by atoms with Crippen molar-refractivity contribution in [2.45, 2.75) is 13.8 Å². The summed E-state index contributed by atoms with van der Waals surface area (Å²) in [7, 11) is 0. The van der Waals surface area contributed by atoms with Crippen molar-refractivity contribution in [3.63, 3.8) is 0 Å². The molecule has 2 rings (SSSR count). The minimum absolute atomic E-state index is 0.0904. The first-order valence-electron chi connectivity index (χ1n) is 7.58. The van der Waals surface area contributed by atoms with Crippen molar-refractivity contribution in [1.82, 2.24) is 5.32 Å². The Morgan fingerprint density at radius 3 is 2.83 bits per heavy atom. The molecule has 5 heteroatoms. The lowest BCUT2D eigenvalue weighted by Crippen LogP contribution is -2.25. The number of carbonyl (C=O) groups is 2. The highest BCUT2D eigenvalue weighted by molar-refractivity contribution is 6.04. The molecule has 0 radical (unpaired) electrons. The van der Waals surface area contributed by atoms with E-state index >= 15 is 0 Å². The second-order valence-corrected chi connectivity index (χ2v) is 5.45. The predicted molar refractivity (Wildman–Crippen MR) is 90.4 cm³/mol. The molecule has 0 fully saturated rings. The highest BCUT2D eigenvalue weighted by Gasteiger charge is 2.16. The minimum atomic E-state index is -0.430. The van der Waals surface area contributed by atoms with Crippen LogP contribution in [0.2, 0.25) is 0 Å². The fourth-order valence-corrected chi connectivity index (χ4v) is 2.19. The highest BCUT2D eigenvalue weighted by atomic mass is 19.1. The Morgan fingerprint density at radius 1 is 1.33 bits per heavy atom. The predicted octanol–water partition coefficient (Wildman–Crippen LogP) is 2.95. The summed E-state index contributed by atoms with van der Waals surface area (Å²) in [5.41, 5.74) is 0.280. The summed E-state index contributed by atoms with van der Waals surface area (Å²) in [5.74, 6) is 5.60. The molecule has 4 nitrogen and oxygen atoms in total. The van der Waals surface area contributed by atoms with Gasteiger partial charge in [-0.15, -0.1) is 0 Å². The van der Waals surface area contributed by atoms with Crippen molar-refractivity contribution in [2.24, 2.45) is 5.92 Å². The maximum atomic E-state index is 13.4. The van der Waals surface area contributed by atoms with Crippen LogP contribution < -0.4 is 10.1 Å². The number of benzene rings is 2. The van der Waals surface area contributed by atoms with E-state index in [0.717, 1.165) is 0 Å². The van der Waals surface area contributed by atoms with Gasteiger partial charge in [0.25, 0.3) is 5.91 Å². The van der Waals surface area contributed by atoms with Gasteiger partial charge >= 0.3 is 0 Å². The number of aldehydes is 1. The zero-order valence-corrected chi connectivity index (χ0v) is 13.6. The van der Waals surface area contributed by atoms with Gasteiger partial charge in [0.05, 0.1) is 12.1 Å². The molecule has 0 aliphatic heterocycles. The van der Waals surface area contributed by atoms with Gasteiger partial charge in [0.2, 0.25) is 0 Å². The minimum Gasteiger partial charge on any atom is -0.479 e. The summed E-state index contributed by atoms with van der Waals surface area (Å²) >= 11 is 0. The largest absolute Gasteiger partial charge is 0.479 e. The van der Waals surface area contributed by atoms with E-state index in [1.165, 1.54) is 12.1 Å². The van der Waals surface area contributed by atoms with Crippen molar-refractivity contribution < 1.29 is 18.7 Å². The Morgan fingerprint density at radius 2 is 2.12 bits per heavy atom. The van der Waals surface area contributed by atoms with Gasteiger partial charge < -0.3 is 14.8 Å². The Hall–Kier alpha value is -2.87. The molecule has 0 spiro atoms. The maximum Gasteiger partial charge on any atom is 0.255 e. The fraction of sp³-hybridized carbons (Fsp3) is 0.263. The molecule has 0 unspecified atom stereocenters. The van der Waals surface area contributed by atoms with E-state index in [1.54, 1.807) is 18.2 Å². The quantitative estimate of drug-likeness (QED) is 0.678. The van der Waals surface area contributed by atoms with Gasteiger partial charge in [-0.3, -0.25) is 4.79 Å². The molecule has 0 aromatic heterocycles. The molecule has 0 saturated carbocycles. The Kier molecular flexibility index (Phi) is 5.91. The Bertz CT molecular complexity index is 818. The average molecular weight is 327 g/mol. The molecular weight excluding hydrogens is 309 g/mol. The van der Waals surface area contributed by atoms with Gasteiger partial charge in [0.1, 0.15) is 24.5 Å². The van der Waals surface area contributed by atoms with Crippen LogP contribution >= 0.6 is 0 Å². The molecule has 124 valence electrons. The Labute approximate surface area is 140 Å². The molecule has 0 bridgehead atoms. The normalized spacial score (nSPS) is 10.2. The molecule has 2 aromatic carbocycles. The van der Waals surface area contributed by atoms with Crippen molar-refractivity contribution in [3.8, 4) is 17.6 Å². The molecule has 0 aliphatic rings. The van der Waals surface area contributed by atoms with Crippen molar-refractivity contribution >= 4 is 23.0 Å². The van der Waals surface area contributed by atoms with Crippen LogP contribution in [0.5, 0.6) is 5.75 Å². The zero-order chi connectivity index (χ0) is 17.5. The molecule has 1 N–H and O–H groups in total. The number of nitrogens with one attached hydrogen (secondary N) is 1. The van der Waals surface area contributed by atoms with Gasteiger partial charge in [0, 0.05) is 11.3 Å². The summed E-state index contributed by atoms with van der Waals surface area (Å²) in [5, 5.41) is 3.71. The number of amides is 1. The van der Waals surface area contributed by atoms with Crippen molar-refractivity contribution in [3.05, 3.63) is 41.7 Å². The molecular formula is C19H18FNO3. The summed E-state index contributed by atoms with van der Waals surface area (Å²) in [6.07, 6.45) is 0.600. The van der Waals surface area contributed by atoms with Crippen LogP contribution in [0.15, 0.2) is 30.3 Å². The summed E-state index contributed by atoms with van der Waals surface area (Å²) in [6, 6.07) is 7.43. The fourth-order valence-electron chi connectivity index (χ4n) is 2.19. The number of hydrogen-bond acceptors (Lipinski definition) is 3. The number of ether oxygens (including phenoxy) is 1. The topological polar surface area (TPSA) is 55.4 Å². The highest BCUT2D eigenvalue weighted by Crippen LogP contribution is 2.30. The third-order valence-electron chi connectivity index (χ3n) is 3.20. The molecule has 0 saturated heterocycles. The first-order valence-corrected chi connectivity index (χ1v) is 7.58. The summed E-state index contributed by atoms with van der Waals surface area (Å²) < 4.78 is 19.1. The first kappa shape index (κ1) is 17.5. The van der Waals surface area contributed by atoms with Crippen molar-refractivity contribution in [1.29, 1.82) is 0 Å². The summed E-state index contributed by atoms with van der Waals surface area (Å²) in [4.78, 5) is 22.7. The lowest BCUT2D eigenvalue weighted by Gasteiger charge is -2.12. The number of rotatable bonds is 5. The lowest BCUT2D eigenvalue weighted by molar-refractivity contribution is -0.107. The monoisotopic (exact) mass is 327 g/mol. The van der Waals surface area contributed by atoms with Crippen LogP contribution in [0, 0.1) is 23.6 Å². The SMILES string of the molecule is CC(C)C#CCOc1c(C(=O)NCC=O)ccc2cc(F)ccc12. The maximum absolute atomic E-state index is 13.4. The second-order valence-electron chi connectivity index (χ2n) is 5.45. The average Bonchev–Trinajstić information content (AvgIpc) is 2.55. The van der Waals surface area contributed by atoms with Crippen LogP contribution in [0.1, 0.15) is 24.2 Å². The van der Waals surface area contributed by atoms with Gasteiger partial charge in [-0.2, -0.15) is 0 Å². The molecule has 0 aliphatic carbocycles.